The zero-order valence-corrected chi connectivity index (χ0v) is 16.0. The summed E-state index contributed by atoms with van der Waals surface area (Å²) in [5.41, 5.74) is 0. The second-order valence-electron chi connectivity index (χ2n) is 3.73. The summed E-state index contributed by atoms with van der Waals surface area (Å²) in [5.74, 6) is 2.41. The number of halogens is 5. The van der Waals surface area contributed by atoms with Gasteiger partial charge >= 0.3 is 0 Å². The van der Waals surface area contributed by atoms with Gasteiger partial charge in [0.25, 0.3) is 0 Å². The van der Waals surface area contributed by atoms with Crippen LogP contribution < -0.4 is 9.47 Å². The van der Waals surface area contributed by atoms with Gasteiger partial charge in [0, 0.05) is 15.0 Å². The van der Waals surface area contributed by atoms with Gasteiger partial charge in [0.2, 0.25) is 0 Å². The van der Waals surface area contributed by atoms with Crippen molar-refractivity contribution in [3.8, 4) is 23.0 Å². The highest BCUT2D eigenvalue weighted by atomic mass is 79.9. The lowest BCUT2D eigenvalue weighted by Crippen LogP contribution is -2.01. The van der Waals surface area contributed by atoms with Crippen LogP contribution in [0.3, 0.4) is 0 Å². The van der Waals surface area contributed by atoms with Crippen LogP contribution in [0.15, 0.2) is 36.1 Å². The fraction of sp³-hybridized carbons (Fsp3) is 0. The van der Waals surface area contributed by atoms with Gasteiger partial charge in [-0.1, -0.05) is 27.5 Å². The van der Waals surface area contributed by atoms with Crippen LogP contribution in [0.5, 0.6) is 23.0 Å². The smallest absolute Gasteiger partial charge is 0.185 e. The molecule has 0 fully saturated rings. The molecule has 0 aliphatic carbocycles. The molecule has 7 heteroatoms. The molecule has 19 heavy (non-hydrogen) atoms. The third-order valence-corrected chi connectivity index (χ3v) is 5.76. The average Bonchev–Trinajstić information content (AvgIpc) is 2.35. The maximum Gasteiger partial charge on any atom is 0.185 e. The monoisotopic (exact) mass is 530 g/mol. The van der Waals surface area contributed by atoms with Crippen LogP contribution in [0.2, 0.25) is 5.02 Å². The first-order valence-corrected chi connectivity index (χ1v) is 8.54. The Morgan fingerprint density at radius 1 is 0.789 bits per heavy atom. The molecule has 0 bridgehead atoms. The maximum atomic E-state index is 6.16. The molecule has 0 saturated heterocycles. The van der Waals surface area contributed by atoms with E-state index in [0.717, 1.165) is 13.4 Å². The van der Waals surface area contributed by atoms with E-state index in [1.54, 1.807) is 6.07 Å². The fourth-order valence-corrected chi connectivity index (χ4v) is 4.23. The van der Waals surface area contributed by atoms with Crippen molar-refractivity contribution < 1.29 is 9.47 Å². The number of hydrogen-bond donors (Lipinski definition) is 0. The Kier molecular flexibility index (Phi) is 3.90. The molecule has 1 heterocycles. The van der Waals surface area contributed by atoms with Crippen molar-refractivity contribution in [1.82, 2.24) is 0 Å². The number of hydrogen-bond acceptors (Lipinski definition) is 2. The lowest BCUT2D eigenvalue weighted by Gasteiger charge is -2.23. The van der Waals surface area contributed by atoms with Crippen LogP contribution in [-0.4, -0.2) is 0 Å². The van der Waals surface area contributed by atoms with E-state index in [1.165, 1.54) is 0 Å². The first-order valence-electron chi connectivity index (χ1n) is 4.99. The Labute approximate surface area is 147 Å². The minimum absolute atomic E-state index is 0.542. The minimum Gasteiger partial charge on any atom is -0.448 e. The summed E-state index contributed by atoms with van der Waals surface area (Å²) in [6.07, 6.45) is 0. The number of benzene rings is 2. The Balaban J connectivity index is 2.20. The number of rotatable bonds is 0. The van der Waals surface area contributed by atoms with Crippen LogP contribution in [0.4, 0.5) is 0 Å². The summed E-state index contributed by atoms with van der Waals surface area (Å²) in [6, 6.07) is 5.51. The molecule has 2 aromatic rings. The van der Waals surface area contributed by atoms with Gasteiger partial charge in [-0.25, -0.2) is 0 Å². The van der Waals surface area contributed by atoms with E-state index >= 15 is 0 Å². The predicted molar refractivity (Wildman–Crippen MR) is 88.8 cm³/mol. The Morgan fingerprint density at radius 3 is 2.16 bits per heavy atom. The molecular weight excluding hydrogens is 531 g/mol. The van der Waals surface area contributed by atoms with Crippen molar-refractivity contribution in [3.05, 3.63) is 41.1 Å². The van der Waals surface area contributed by atoms with Crippen LogP contribution in [-0.2, 0) is 0 Å². The van der Waals surface area contributed by atoms with Crippen molar-refractivity contribution in [2.75, 3.05) is 0 Å². The third kappa shape index (κ3) is 2.46. The zero-order chi connectivity index (χ0) is 13.7. The molecule has 0 N–H and O–H groups in total. The zero-order valence-electron chi connectivity index (χ0n) is 8.94. The van der Waals surface area contributed by atoms with E-state index < -0.39 is 0 Å². The minimum atomic E-state index is 0.542. The number of ether oxygens (including phenoxy) is 2. The SMILES string of the molecule is Clc1c(Br)cc2c(c1Br)Oc1cc(Br)cc(Br)c1O2. The maximum absolute atomic E-state index is 6.16. The quantitative estimate of drug-likeness (QED) is 0.282. The first kappa shape index (κ1) is 14.2. The summed E-state index contributed by atoms with van der Waals surface area (Å²) in [6.45, 7) is 0. The standard InChI is InChI=1S/C12H3Br4ClO2/c13-4-1-6(15)11-7(2-4)19-12-8(18-11)3-5(14)10(17)9(12)16/h1-3H. The first-order chi connectivity index (χ1) is 8.97. The normalized spacial score (nSPS) is 12.3. The van der Waals surface area contributed by atoms with Crippen molar-refractivity contribution in [2.24, 2.45) is 0 Å². The van der Waals surface area contributed by atoms with Crippen molar-refractivity contribution >= 4 is 75.3 Å². The van der Waals surface area contributed by atoms with Gasteiger partial charge < -0.3 is 9.47 Å². The molecular formula is C12H3Br4ClO2. The summed E-state index contributed by atoms with van der Waals surface area (Å²) in [7, 11) is 0. The molecule has 0 saturated carbocycles. The lowest BCUT2D eigenvalue weighted by molar-refractivity contribution is 0.355. The molecule has 2 nitrogen and oxygen atoms in total. The van der Waals surface area contributed by atoms with Crippen LogP contribution in [0, 0.1) is 0 Å². The average molecular weight is 534 g/mol. The molecule has 0 atom stereocenters. The van der Waals surface area contributed by atoms with E-state index in [0.29, 0.717) is 32.5 Å². The molecule has 0 aromatic heterocycles. The van der Waals surface area contributed by atoms with E-state index in [4.69, 9.17) is 21.1 Å². The lowest BCUT2D eigenvalue weighted by atomic mass is 10.2. The molecule has 0 spiro atoms. The van der Waals surface area contributed by atoms with Gasteiger partial charge in [0.05, 0.1) is 14.0 Å². The second-order valence-corrected chi connectivity index (χ2v) is 7.53. The Hall–Kier alpha value is 0.250. The summed E-state index contributed by atoms with van der Waals surface area (Å²) >= 11 is 19.8. The van der Waals surface area contributed by atoms with Gasteiger partial charge in [0.15, 0.2) is 23.0 Å². The third-order valence-electron chi connectivity index (χ3n) is 2.48. The summed E-state index contributed by atoms with van der Waals surface area (Å²) < 4.78 is 14.8. The Bertz CT molecular complexity index is 703. The highest BCUT2D eigenvalue weighted by Crippen LogP contribution is 2.54. The van der Waals surface area contributed by atoms with Crippen molar-refractivity contribution in [1.29, 1.82) is 0 Å². The topological polar surface area (TPSA) is 18.5 Å². The van der Waals surface area contributed by atoms with Gasteiger partial charge in [-0.05, 0) is 59.9 Å². The van der Waals surface area contributed by atoms with Crippen LogP contribution in [0.25, 0.3) is 0 Å². The highest BCUT2D eigenvalue weighted by molar-refractivity contribution is 9.11. The molecule has 2 aromatic carbocycles. The summed E-state index contributed by atoms with van der Waals surface area (Å²) in [5, 5.41) is 0.542. The molecule has 0 unspecified atom stereocenters. The van der Waals surface area contributed by atoms with Crippen LogP contribution >= 0.6 is 75.3 Å². The number of fused-ring (bicyclic) bond motifs is 2. The van der Waals surface area contributed by atoms with E-state index in [2.05, 4.69) is 63.7 Å². The van der Waals surface area contributed by atoms with E-state index in [-0.39, 0.29) is 0 Å². The van der Waals surface area contributed by atoms with Crippen molar-refractivity contribution in [3.63, 3.8) is 0 Å². The Morgan fingerprint density at radius 2 is 1.42 bits per heavy atom. The molecule has 3 rings (SSSR count). The van der Waals surface area contributed by atoms with E-state index in [1.807, 2.05) is 12.1 Å². The second kappa shape index (κ2) is 5.22. The van der Waals surface area contributed by atoms with Gasteiger partial charge in [0.1, 0.15) is 0 Å². The molecule has 1 aliphatic heterocycles. The molecule has 0 amide bonds. The molecule has 0 radical (unpaired) electrons. The van der Waals surface area contributed by atoms with Crippen LogP contribution in [0.1, 0.15) is 0 Å². The van der Waals surface area contributed by atoms with Gasteiger partial charge in [-0.3, -0.25) is 0 Å². The molecule has 98 valence electrons. The van der Waals surface area contributed by atoms with Crippen molar-refractivity contribution in [2.45, 2.75) is 0 Å². The fourth-order valence-electron chi connectivity index (χ4n) is 1.66. The summed E-state index contributed by atoms with van der Waals surface area (Å²) in [4.78, 5) is 0. The molecule has 1 aliphatic rings. The predicted octanol–water partition coefficient (Wildman–Crippen LogP) is 7.29. The largest absolute Gasteiger partial charge is 0.448 e. The van der Waals surface area contributed by atoms with Gasteiger partial charge in [-0.2, -0.15) is 0 Å². The van der Waals surface area contributed by atoms with Gasteiger partial charge in [-0.15, -0.1) is 0 Å². The van der Waals surface area contributed by atoms with E-state index in [9.17, 15) is 0 Å². The highest BCUT2D eigenvalue weighted by Gasteiger charge is 2.26.